The van der Waals surface area contributed by atoms with Crippen LogP contribution in [0.15, 0.2) is 29.6 Å². The van der Waals surface area contributed by atoms with Gasteiger partial charge in [-0.3, -0.25) is 0 Å². The molecule has 0 amide bonds. The van der Waals surface area contributed by atoms with E-state index in [1.165, 1.54) is 2.88 Å². The van der Waals surface area contributed by atoms with E-state index in [1.807, 2.05) is 12.1 Å². The van der Waals surface area contributed by atoms with Gasteiger partial charge in [0.25, 0.3) is 0 Å². The van der Waals surface area contributed by atoms with Crippen molar-refractivity contribution in [2.45, 2.75) is 6.04 Å². The quantitative estimate of drug-likeness (QED) is 0.816. The number of benzene rings is 1. The second-order valence-corrected chi connectivity index (χ2v) is 6.76. The van der Waals surface area contributed by atoms with Crippen LogP contribution in [0.3, 0.4) is 0 Å². The summed E-state index contributed by atoms with van der Waals surface area (Å²) < 4.78 is 6.34. The first-order valence-corrected chi connectivity index (χ1v) is 7.28. The molecule has 90 valence electrons. The maximum absolute atomic E-state index is 6.20. The third-order valence-corrected chi connectivity index (χ3v) is 4.62. The maximum Gasteiger partial charge on any atom is 0.120 e. The zero-order chi connectivity index (χ0) is 12.4. The summed E-state index contributed by atoms with van der Waals surface area (Å²) >= 11 is 10.2. The average molecular weight is 380 g/mol. The first-order chi connectivity index (χ1) is 8.11. The lowest BCUT2D eigenvalue weighted by Gasteiger charge is -2.13. The van der Waals surface area contributed by atoms with E-state index in [1.54, 1.807) is 24.5 Å². The van der Waals surface area contributed by atoms with Crippen molar-refractivity contribution in [1.29, 1.82) is 0 Å². The van der Waals surface area contributed by atoms with Crippen molar-refractivity contribution in [3.8, 4) is 5.75 Å². The van der Waals surface area contributed by atoms with E-state index in [4.69, 9.17) is 22.1 Å². The normalized spacial score (nSPS) is 12.5. The molecule has 2 N–H and O–H groups in total. The van der Waals surface area contributed by atoms with Crippen LogP contribution in [-0.2, 0) is 0 Å². The number of thiophene rings is 1. The van der Waals surface area contributed by atoms with Gasteiger partial charge in [0.2, 0.25) is 0 Å². The van der Waals surface area contributed by atoms with Crippen LogP contribution in [-0.4, -0.2) is 7.11 Å². The molecule has 0 spiro atoms. The number of methoxy groups -OCH3 is 1. The Balaban J connectivity index is 2.34. The van der Waals surface area contributed by atoms with Gasteiger partial charge in [-0.15, -0.1) is 11.3 Å². The van der Waals surface area contributed by atoms with Crippen molar-refractivity contribution in [2.24, 2.45) is 5.73 Å². The van der Waals surface area contributed by atoms with Gasteiger partial charge >= 0.3 is 0 Å². The first kappa shape index (κ1) is 13.1. The second kappa shape index (κ2) is 5.56. The van der Waals surface area contributed by atoms with Gasteiger partial charge in [-0.1, -0.05) is 17.7 Å². The fourth-order valence-electron chi connectivity index (χ4n) is 1.55. The maximum atomic E-state index is 6.20. The van der Waals surface area contributed by atoms with E-state index in [2.05, 4.69) is 34.0 Å². The van der Waals surface area contributed by atoms with Crippen LogP contribution >= 0.6 is 45.5 Å². The Morgan fingerprint density at radius 2 is 2.18 bits per heavy atom. The highest BCUT2D eigenvalue weighted by atomic mass is 127. The number of halogens is 2. The highest BCUT2D eigenvalue weighted by Gasteiger charge is 2.14. The second-order valence-electron chi connectivity index (χ2n) is 3.55. The molecule has 0 saturated carbocycles. The minimum Gasteiger partial charge on any atom is -0.497 e. The fraction of sp³-hybridized carbons (Fsp3) is 0.167. The highest BCUT2D eigenvalue weighted by molar-refractivity contribution is 14.1. The molecule has 1 atom stereocenters. The van der Waals surface area contributed by atoms with Gasteiger partial charge in [-0.05, 0) is 57.3 Å². The number of hydrogen-bond acceptors (Lipinski definition) is 3. The predicted molar refractivity (Wildman–Crippen MR) is 81.1 cm³/mol. The van der Waals surface area contributed by atoms with Crippen molar-refractivity contribution in [3.63, 3.8) is 0 Å². The Hall–Kier alpha value is -0.300. The molecule has 0 radical (unpaired) electrons. The summed E-state index contributed by atoms with van der Waals surface area (Å²) in [7, 11) is 1.62. The van der Waals surface area contributed by atoms with E-state index in [9.17, 15) is 0 Å². The van der Waals surface area contributed by atoms with Crippen molar-refractivity contribution < 1.29 is 4.74 Å². The monoisotopic (exact) mass is 379 g/mol. The Bertz CT molecular complexity index is 529. The lowest BCUT2D eigenvalue weighted by Crippen LogP contribution is -2.11. The van der Waals surface area contributed by atoms with Crippen LogP contribution in [0.25, 0.3) is 0 Å². The Labute approximate surface area is 123 Å². The van der Waals surface area contributed by atoms with Gasteiger partial charge in [-0.2, -0.15) is 0 Å². The molecule has 1 aromatic carbocycles. The van der Waals surface area contributed by atoms with Crippen molar-refractivity contribution in [1.82, 2.24) is 0 Å². The molecule has 2 nitrogen and oxygen atoms in total. The van der Waals surface area contributed by atoms with E-state index in [0.717, 1.165) is 16.9 Å². The molecule has 5 heteroatoms. The SMILES string of the molecule is COc1ccc(C(N)c2csc(I)c2)c(Cl)c1. The molecule has 0 aliphatic rings. The van der Waals surface area contributed by atoms with Crippen LogP contribution in [0.4, 0.5) is 0 Å². The summed E-state index contributed by atoms with van der Waals surface area (Å²) in [6, 6.07) is 7.47. The number of ether oxygens (including phenoxy) is 1. The summed E-state index contributed by atoms with van der Waals surface area (Å²) in [4.78, 5) is 0. The first-order valence-electron chi connectivity index (χ1n) is 4.94. The molecule has 0 aliphatic carbocycles. The van der Waals surface area contributed by atoms with Crippen LogP contribution in [0, 0.1) is 2.88 Å². The van der Waals surface area contributed by atoms with Crippen LogP contribution in [0.1, 0.15) is 17.2 Å². The molecule has 0 aliphatic heterocycles. The van der Waals surface area contributed by atoms with Crippen molar-refractivity contribution in [2.75, 3.05) is 7.11 Å². The zero-order valence-corrected chi connectivity index (χ0v) is 12.8. The summed E-state index contributed by atoms with van der Waals surface area (Å²) in [5.74, 6) is 0.742. The van der Waals surface area contributed by atoms with Crippen molar-refractivity contribution >= 4 is 45.5 Å². The van der Waals surface area contributed by atoms with E-state index in [0.29, 0.717) is 5.02 Å². The topological polar surface area (TPSA) is 35.2 Å². The minimum atomic E-state index is -0.187. The van der Waals surface area contributed by atoms with Gasteiger partial charge < -0.3 is 10.5 Å². The Kier molecular flexibility index (Phi) is 4.30. The molecule has 17 heavy (non-hydrogen) atoms. The average Bonchev–Trinajstić information content (AvgIpc) is 2.75. The number of hydrogen-bond donors (Lipinski definition) is 1. The van der Waals surface area contributed by atoms with Crippen LogP contribution in [0.2, 0.25) is 5.02 Å². The van der Waals surface area contributed by atoms with E-state index < -0.39 is 0 Å². The molecule has 1 heterocycles. The fourth-order valence-corrected chi connectivity index (χ4v) is 3.25. The van der Waals surface area contributed by atoms with Gasteiger partial charge in [0.05, 0.1) is 16.0 Å². The smallest absolute Gasteiger partial charge is 0.120 e. The highest BCUT2D eigenvalue weighted by Crippen LogP contribution is 2.31. The van der Waals surface area contributed by atoms with Gasteiger partial charge in [0.1, 0.15) is 5.75 Å². The molecule has 2 rings (SSSR count). The van der Waals surface area contributed by atoms with Crippen LogP contribution < -0.4 is 10.5 Å². The molecule has 0 saturated heterocycles. The minimum absolute atomic E-state index is 0.187. The lowest BCUT2D eigenvalue weighted by atomic mass is 10.0. The molecule has 0 bridgehead atoms. The zero-order valence-electron chi connectivity index (χ0n) is 9.11. The summed E-state index contributed by atoms with van der Waals surface area (Å²) in [5, 5.41) is 2.70. The number of rotatable bonds is 3. The molecular formula is C12H11ClINOS. The van der Waals surface area contributed by atoms with Crippen LogP contribution in [0.5, 0.6) is 5.75 Å². The molecule has 1 unspecified atom stereocenters. The van der Waals surface area contributed by atoms with E-state index >= 15 is 0 Å². The Morgan fingerprint density at radius 3 is 2.71 bits per heavy atom. The standard InChI is InChI=1S/C12H11ClINOS/c1-16-8-2-3-9(10(13)5-8)12(15)7-4-11(14)17-6-7/h2-6,12H,15H2,1H3. The number of nitrogens with two attached hydrogens (primary N) is 1. The summed E-state index contributed by atoms with van der Waals surface area (Å²) in [5.41, 5.74) is 8.21. The molecule has 0 fully saturated rings. The lowest BCUT2D eigenvalue weighted by molar-refractivity contribution is 0.414. The third-order valence-electron chi connectivity index (χ3n) is 2.49. The molecule has 2 aromatic rings. The van der Waals surface area contributed by atoms with E-state index in [-0.39, 0.29) is 6.04 Å². The summed E-state index contributed by atoms with van der Waals surface area (Å²) in [6.07, 6.45) is 0. The third kappa shape index (κ3) is 2.93. The van der Waals surface area contributed by atoms with Gasteiger partial charge in [0.15, 0.2) is 0 Å². The predicted octanol–water partition coefficient (Wildman–Crippen LogP) is 4.06. The molecule has 1 aromatic heterocycles. The van der Waals surface area contributed by atoms with Gasteiger partial charge in [-0.25, -0.2) is 0 Å². The Morgan fingerprint density at radius 1 is 1.41 bits per heavy atom. The van der Waals surface area contributed by atoms with Crippen molar-refractivity contribution in [3.05, 3.63) is 48.7 Å². The largest absolute Gasteiger partial charge is 0.497 e. The molecular weight excluding hydrogens is 369 g/mol. The summed E-state index contributed by atoms with van der Waals surface area (Å²) in [6.45, 7) is 0. The van der Waals surface area contributed by atoms with Gasteiger partial charge in [0, 0.05) is 5.02 Å².